The van der Waals surface area contributed by atoms with Crippen LogP contribution in [0.15, 0.2) is 47.6 Å². The van der Waals surface area contributed by atoms with Crippen molar-refractivity contribution in [3.05, 3.63) is 47.6 Å². The molecule has 1 amide bonds. The van der Waals surface area contributed by atoms with Gasteiger partial charge in [0.15, 0.2) is 13.2 Å². The van der Waals surface area contributed by atoms with Crippen molar-refractivity contribution in [2.24, 2.45) is 35.5 Å². The topological polar surface area (TPSA) is 201 Å². The zero-order valence-corrected chi connectivity index (χ0v) is 44.3. The zero-order chi connectivity index (χ0) is 51.4. The van der Waals surface area contributed by atoms with Crippen molar-refractivity contribution in [1.29, 1.82) is 0 Å². The molecule has 2 saturated heterocycles. The number of carbonyl (C=O) groups excluding carboxylic acids is 5. The summed E-state index contributed by atoms with van der Waals surface area (Å²) in [6, 6.07) is -1.16. The van der Waals surface area contributed by atoms with Crippen molar-refractivity contribution in [3.63, 3.8) is 0 Å². The van der Waals surface area contributed by atoms with Crippen molar-refractivity contribution in [2.75, 3.05) is 41.2 Å². The SMILES string of the molecule is CO[C@H]1C[C@@H]2CCC(C)[C@@](O)(O2)C(=O)C(=O)N2CCCC[C@H]2C(=O)O[C@H]([C@H](C)C[C@@H]2CC[C@@H](OP(C)(C)=O)[C@H](OC)C2)CC(=O)[C@H](C)/C=C(\C)[C@@H](O)[C@@H](OC)C(=O)[C@H](C)C[C@H](C)/C=C/C=C/C=C/1C. The predicted molar refractivity (Wildman–Crippen MR) is 263 cm³/mol. The van der Waals surface area contributed by atoms with E-state index in [0.29, 0.717) is 63.4 Å². The molecule has 2 bridgehead atoms. The fourth-order valence-electron chi connectivity index (χ4n) is 10.5. The molecule has 15 atom stereocenters. The third kappa shape index (κ3) is 16.2. The molecule has 2 N–H and O–H groups in total. The first-order valence-corrected chi connectivity index (χ1v) is 27.7. The van der Waals surface area contributed by atoms with E-state index in [9.17, 15) is 38.8 Å². The van der Waals surface area contributed by atoms with Crippen LogP contribution in [0.25, 0.3) is 0 Å². The van der Waals surface area contributed by atoms with E-state index in [2.05, 4.69) is 0 Å². The molecule has 3 heterocycles. The largest absolute Gasteiger partial charge is 0.460 e. The van der Waals surface area contributed by atoms with Gasteiger partial charge in [0.1, 0.15) is 30.1 Å². The summed E-state index contributed by atoms with van der Waals surface area (Å²) >= 11 is 0. The number of hydrogen-bond donors (Lipinski definition) is 2. The summed E-state index contributed by atoms with van der Waals surface area (Å²) in [5, 5.41) is 23.5. The van der Waals surface area contributed by atoms with Gasteiger partial charge in [0.05, 0.1) is 24.4 Å². The Morgan fingerprint density at radius 2 is 1.57 bits per heavy atom. The average molecular weight is 990 g/mol. The zero-order valence-electron chi connectivity index (χ0n) is 43.4. The van der Waals surface area contributed by atoms with Gasteiger partial charge in [-0.25, -0.2) is 4.79 Å². The Labute approximate surface area is 411 Å². The molecule has 0 aromatic rings. The highest BCUT2D eigenvalue weighted by Gasteiger charge is 2.53. The lowest BCUT2D eigenvalue weighted by Crippen LogP contribution is -2.61. The number of amides is 1. The molecule has 1 saturated carbocycles. The first-order valence-electron chi connectivity index (χ1n) is 25.2. The second kappa shape index (κ2) is 26.5. The summed E-state index contributed by atoms with van der Waals surface area (Å²) in [6.07, 6.45) is 11.4. The van der Waals surface area contributed by atoms with Gasteiger partial charge in [0.25, 0.3) is 11.7 Å². The van der Waals surface area contributed by atoms with Crippen LogP contribution in [0.1, 0.15) is 126 Å². The minimum Gasteiger partial charge on any atom is -0.460 e. The number of Topliss-reactive ketones (excluding diaryl/α,β-unsaturated/α-hetero) is 3. The van der Waals surface area contributed by atoms with E-state index in [1.54, 1.807) is 54.4 Å². The molecule has 4 aliphatic rings. The number of piperidine rings is 1. The number of esters is 1. The van der Waals surface area contributed by atoms with Gasteiger partial charge in [0, 0.05) is 71.8 Å². The number of aliphatic hydroxyl groups is 2. The molecular weight excluding hydrogens is 906 g/mol. The van der Waals surface area contributed by atoms with E-state index in [1.807, 2.05) is 58.1 Å². The molecule has 3 aliphatic heterocycles. The maximum Gasteiger partial charge on any atom is 0.329 e. The van der Waals surface area contributed by atoms with Crippen LogP contribution >= 0.6 is 7.37 Å². The molecule has 15 nitrogen and oxygen atoms in total. The second-order valence-corrected chi connectivity index (χ2v) is 23.6. The molecule has 69 heavy (non-hydrogen) atoms. The molecule has 0 radical (unpaired) electrons. The van der Waals surface area contributed by atoms with Gasteiger partial charge in [-0.1, -0.05) is 71.1 Å². The van der Waals surface area contributed by atoms with Gasteiger partial charge in [-0.3, -0.25) is 23.7 Å². The number of ether oxygens (including phenoxy) is 5. The van der Waals surface area contributed by atoms with Crippen molar-refractivity contribution in [2.45, 2.75) is 180 Å². The molecule has 390 valence electrons. The molecule has 3 fully saturated rings. The minimum atomic E-state index is -2.79. The number of hydrogen-bond acceptors (Lipinski definition) is 14. The maximum absolute atomic E-state index is 14.5. The van der Waals surface area contributed by atoms with Gasteiger partial charge in [0.2, 0.25) is 5.79 Å². The smallest absolute Gasteiger partial charge is 0.329 e. The molecule has 16 heteroatoms. The molecule has 0 aromatic carbocycles. The van der Waals surface area contributed by atoms with Gasteiger partial charge < -0.3 is 43.3 Å². The van der Waals surface area contributed by atoms with Gasteiger partial charge >= 0.3 is 5.97 Å². The normalized spacial score (nSPS) is 39.0. The number of fused-ring (bicyclic) bond motifs is 3. The fourth-order valence-corrected chi connectivity index (χ4v) is 11.4. The lowest BCUT2D eigenvalue weighted by Gasteiger charge is -2.42. The van der Waals surface area contributed by atoms with Crippen molar-refractivity contribution in [1.82, 2.24) is 4.90 Å². The van der Waals surface area contributed by atoms with E-state index in [0.717, 1.165) is 12.0 Å². The molecule has 0 aromatic heterocycles. The summed E-state index contributed by atoms with van der Waals surface area (Å²) < 4.78 is 48.2. The number of rotatable bonds is 8. The number of aliphatic hydroxyl groups excluding tert-OH is 1. The predicted octanol–water partition coefficient (Wildman–Crippen LogP) is 7.74. The van der Waals surface area contributed by atoms with Gasteiger partial charge in [-0.2, -0.15) is 0 Å². The maximum atomic E-state index is 14.5. The number of cyclic esters (lactones) is 1. The van der Waals surface area contributed by atoms with E-state index in [4.69, 9.17) is 28.2 Å². The minimum absolute atomic E-state index is 0.0117. The van der Waals surface area contributed by atoms with Crippen LogP contribution in [0.2, 0.25) is 0 Å². The Hall–Kier alpha value is -3.14. The summed E-state index contributed by atoms with van der Waals surface area (Å²) in [6.45, 7) is 15.9. The second-order valence-electron chi connectivity index (χ2n) is 20.9. The molecular formula is C53H84NO14P. The van der Waals surface area contributed by atoms with E-state index >= 15 is 0 Å². The third-order valence-electron chi connectivity index (χ3n) is 14.8. The van der Waals surface area contributed by atoms with Crippen LogP contribution in [0.5, 0.6) is 0 Å². The van der Waals surface area contributed by atoms with Crippen LogP contribution in [0.3, 0.4) is 0 Å². The Morgan fingerprint density at radius 3 is 2.22 bits per heavy atom. The third-order valence-corrected chi connectivity index (χ3v) is 15.6. The summed E-state index contributed by atoms with van der Waals surface area (Å²) in [5.74, 6) is -8.11. The highest BCUT2D eigenvalue weighted by atomic mass is 31.2. The van der Waals surface area contributed by atoms with Crippen LogP contribution in [-0.4, -0.2) is 140 Å². The van der Waals surface area contributed by atoms with E-state index in [1.165, 1.54) is 12.0 Å². The van der Waals surface area contributed by atoms with Crippen molar-refractivity contribution >= 4 is 36.6 Å². The molecule has 0 spiro atoms. The van der Waals surface area contributed by atoms with Crippen LogP contribution in [-0.2, 0) is 56.7 Å². The van der Waals surface area contributed by atoms with Crippen molar-refractivity contribution in [3.8, 4) is 0 Å². The highest BCUT2D eigenvalue weighted by Crippen LogP contribution is 2.45. The average Bonchev–Trinajstić information content (AvgIpc) is 3.30. The van der Waals surface area contributed by atoms with Crippen LogP contribution in [0, 0.1) is 35.5 Å². The highest BCUT2D eigenvalue weighted by molar-refractivity contribution is 7.57. The monoisotopic (exact) mass is 990 g/mol. The molecule has 4 rings (SSSR count). The quantitative estimate of drug-likeness (QED) is 0.104. The Morgan fingerprint density at radius 1 is 0.855 bits per heavy atom. The number of allylic oxidation sites excluding steroid dienone is 6. The Balaban J connectivity index is 1.70. The number of carbonyl (C=O) groups is 5. The van der Waals surface area contributed by atoms with E-state index in [-0.39, 0.29) is 60.9 Å². The summed E-state index contributed by atoms with van der Waals surface area (Å²) in [4.78, 5) is 72.2. The first-order chi connectivity index (χ1) is 32.4. The lowest BCUT2D eigenvalue weighted by molar-refractivity contribution is -0.265. The van der Waals surface area contributed by atoms with Gasteiger partial charge in [-0.05, 0) is 107 Å². The summed E-state index contributed by atoms with van der Waals surface area (Å²) in [7, 11) is 1.76. The molecule has 1 aliphatic carbocycles. The van der Waals surface area contributed by atoms with Gasteiger partial charge in [-0.15, -0.1) is 0 Å². The first kappa shape index (κ1) is 58.4. The number of nitrogens with zero attached hydrogens (tertiary/aromatic N) is 1. The Bertz CT molecular complexity index is 1940. The lowest BCUT2D eigenvalue weighted by atomic mass is 9.78. The Kier molecular flexibility index (Phi) is 22.5. The van der Waals surface area contributed by atoms with Crippen LogP contribution in [0.4, 0.5) is 0 Å². The van der Waals surface area contributed by atoms with Crippen LogP contribution < -0.4 is 0 Å². The number of methoxy groups -OCH3 is 3. The fraction of sp³-hybridized carbons (Fsp3) is 0.755. The summed E-state index contributed by atoms with van der Waals surface area (Å²) in [5.41, 5.74) is 1.25. The standard InChI is InChI=1S/C53H84NO14P/c1-32-18-14-13-15-19-33(2)44(63-8)30-40-23-21-38(7)53(61,67-40)50(58)51(59)54-25-17-16-20-41(54)52(60)66-45(35(4)28-39-22-24-43(46(29-39)64-9)68-69(11,12)62)31-42(55)34(3)27-37(6)48(57)49(65-10)47(56)36(5)26-32/h13-15,18-19,27,32,34-36,38-41,43-46,48-49,57,61H,16-17,20-26,28-31H2,1-12H3/b15-13+,18-14+,33-19+,37-27+/t32-,34-,35-,36-,38?,39+,40+,41+,43-,44+,45+,46-,48-,49+,53-/m1/s1. The molecule has 1 unspecified atom stereocenters. The number of ketones is 3. The van der Waals surface area contributed by atoms with E-state index < -0.39 is 85.1 Å². The van der Waals surface area contributed by atoms with Crippen molar-refractivity contribution < 1.29 is 67.0 Å².